The van der Waals surface area contributed by atoms with E-state index in [0.29, 0.717) is 5.92 Å². The minimum atomic E-state index is 0.672. The van der Waals surface area contributed by atoms with Crippen molar-refractivity contribution in [3.63, 3.8) is 0 Å². The minimum absolute atomic E-state index is 0.672. The van der Waals surface area contributed by atoms with Gasteiger partial charge in [-0.15, -0.1) is 0 Å². The van der Waals surface area contributed by atoms with Crippen molar-refractivity contribution in [3.05, 3.63) is 16.9 Å². The predicted octanol–water partition coefficient (Wildman–Crippen LogP) is 2.73. The summed E-state index contributed by atoms with van der Waals surface area (Å²) in [5.74, 6) is 0.672. The number of halogens is 1. The van der Waals surface area contributed by atoms with E-state index in [9.17, 15) is 0 Å². The molecule has 0 bridgehead atoms. The minimum Gasteiger partial charge on any atom is -0.257 e. The molecule has 2 nitrogen and oxygen atoms in total. The lowest BCUT2D eigenvalue weighted by atomic mass is 10.0. The van der Waals surface area contributed by atoms with Gasteiger partial charge in [-0.05, 0) is 18.8 Å². The molecule has 1 saturated carbocycles. The van der Waals surface area contributed by atoms with Gasteiger partial charge in [0.1, 0.15) is 5.15 Å². The van der Waals surface area contributed by atoms with Crippen molar-refractivity contribution >= 4 is 11.6 Å². The highest BCUT2D eigenvalue weighted by Gasteiger charge is 2.21. The first kappa shape index (κ1) is 8.11. The standard InChI is InChI=1S/C9H13ClN2/c1-12-9(10)8(6-11-12)7-4-2-3-5-7/h6-7H,2-5H2,1H3. The summed E-state index contributed by atoms with van der Waals surface area (Å²) in [6, 6.07) is 0. The van der Waals surface area contributed by atoms with Gasteiger partial charge in [0.15, 0.2) is 0 Å². The molecular weight excluding hydrogens is 172 g/mol. The Bertz CT molecular complexity index is 274. The van der Waals surface area contributed by atoms with E-state index >= 15 is 0 Å². The van der Waals surface area contributed by atoms with Crippen LogP contribution in [0.15, 0.2) is 6.20 Å². The SMILES string of the molecule is Cn1ncc(C2CCCC2)c1Cl. The fourth-order valence-electron chi connectivity index (χ4n) is 1.95. The molecule has 1 aliphatic rings. The molecule has 0 spiro atoms. The molecule has 1 heterocycles. The molecule has 1 aromatic rings. The molecule has 66 valence electrons. The van der Waals surface area contributed by atoms with Crippen molar-refractivity contribution in [3.8, 4) is 0 Å². The van der Waals surface area contributed by atoms with Crippen LogP contribution in [0.4, 0.5) is 0 Å². The first-order valence-electron chi connectivity index (χ1n) is 4.46. The van der Waals surface area contributed by atoms with Crippen LogP contribution in [0.5, 0.6) is 0 Å². The van der Waals surface area contributed by atoms with E-state index in [1.54, 1.807) is 4.68 Å². The van der Waals surface area contributed by atoms with Gasteiger partial charge in [-0.25, -0.2) is 0 Å². The van der Waals surface area contributed by atoms with Gasteiger partial charge in [0.05, 0.1) is 6.20 Å². The molecule has 12 heavy (non-hydrogen) atoms. The molecule has 0 radical (unpaired) electrons. The van der Waals surface area contributed by atoms with Gasteiger partial charge in [-0.3, -0.25) is 4.68 Å². The van der Waals surface area contributed by atoms with Crippen LogP contribution in [0.25, 0.3) is 0 Å². The number of rotatable bonds is 1. The third-order valence-corrected chi connectivity index (χ3v) is 3.15. The van der Waals surface area contributed by atoms with Crippen molar-refractivity contribution in [2.24, 2.45) is 7.05 Å². The van der Waals surface area contributed by atoms with Gasteiger partial charge in [0.25, 0.3) is 0 Å². The van der Waals surface area contributed by atoms with Gasteiger partial charge in [-0.2, -0.15) is 5.10 Å². The second kappa shape index (κ2) is 3.09. The Hall–Kier alpha value is -0.500. The van der Waals surface area contributed by atoms with Crippen molar-refractivity contribution in [2.45, 2.75) is 31.6 Å². The maximum absolute atomic E-state index is 6.09. The first-order valence-corrected chi connectivity index (χ1v) is 4.84. The average molecular weight is 185 g/mol. The average Bonchev–Trinajstić information content (AvgIpc) is 2.64. The Balaban J connectivity index is 2.26. The molecule has 0 amide bonds. The van der Waals surface area contributed by atoms with E-state index in [4.69, 9.17) is 11.6 Å². The molecule has 0 atom stereocenters. The highest BCUT2D eigenvalue weighted by molar-refractivity contribution is 6.30. The molecule has 1 fully saturated rings. The Labute approximate surface area is 77.5 Å². The van der Waals surface area contributed by atoms with E-state index in [1.807, 2.05) is 13.2 Å². The van der Waals surface area contributed by atoms with Crippen molar-refractivity contribution in [1.82, 2.24) is 9.78 Å². The third kappa shape index (κ3) is 1.24. The van der Waals surface area contributed by atoms with E-state index in [1.165, 1.54) is 31.2 Å². The van der Waals surface area contributed by atoms with Gasteiger partial charge < -0.3 is 0 Å². The quantitative estimate of drug-likeness (QED) is 0.657. The molecule has 3 heteroatoms. The Morgan fingerprint density at radius 1 is 1.50 bits per heavy atom. The van der Waals surface area contributed by atoms with Gasteiger partial charge in [0.2, 0.25) is 0 Å². The number of hydrogen-bond donors (Lipinski definition) is 0. The third-order valence-electron chi connectivity index (χ3n) is 2.69. The fraction of sp³-hybridized carbons (Fsp3) is 0.667. The number of nitrogens with zero attached hydrogens (tertiary/aromatic N) is 2. The summed E-state index contributed by atoms with van der Waals surface area (Å²) in [6.07, 6.45) is 7.17. The van der Waals surface area contributed by atoms with Crippen LogP contribution in [0, 0.1) is 0 Å². The van der Waals surface area contributed by atoms with Gasteiger partial charge >= 0.3 is 0 Å². The van der Waals surface area contributed by atoms with Gasteiger partial charge in [0, 0.05) is 12.6 Å². The van der Waals surface area contributed by atoms with Crippen LogP contribution in [0.2, 0.25) is 5.15 Å². The zero-order valence-corrected chi connectivity index (χ0v) is 8.01. The number of hydrogen-bond acceptors (Lipinski definition) is 1. The van der Waals surface area contributed by atoms with Gasteiger partial charge in [-0.1, -0.05) is 24.4 Å². The zero-order chi connectivity index (χ0) is 8.55. The number of aryl methyl sites for hydroxylation is 1. The Kier molecular flexibility index (Phi) is 2.09. The van der Waals surface area contributed by atoms with E-state index < -0.39 is 0 Å². The predicted molar refractivity (Wildman–Crippen MR) is 49.4 cm³/mol. The Morgan fingerprint density at radius 2 is 2.17 bits per heavy atom. The second-order valence-electron chi connectivity index (χ2n) is 3.50. The topological polar surface area (TPSA) is 17.8 Å². The van der Waals surface area contributed by atoms with Crippen LogP contribution in [0.3, 0.4) is 0 Å². The lowest BCUT2D eigenvalue weighted by Gasteiger charge is -2.05. The first-order chi connectivity index (χ1) is 5.79. The maximum Gasteiger partial charge on any atom is 0.130 e. The van der Waals surface area contributed by atoms with Crippen LogP contribution in [-0.2, 0) is 7.05 Å². The fourth-order valence-corrected chi connectivity index (χ4v) is 2.20. The highest BCUT2D eigenvalue weighted by Crippen LogP contribution is 2.36. The van der Waals surface area contributed by atoms with E-state index in [2.05, 4.69) is 5.10 Å². The molecule has 2 rings (SSSR count). The summed E-state index contributed by atoms with van der Waals surface area (Å²) in [7, 11) is 1.89. The molecule has 0 aromatic carbocycles. The van der Waals surface area contributed by atoms with Crippen LogP contribution >= 0.6 is 11.6 Å². The summed E-state index contributed by atoms with van der Waals surface area (Å²) in [5.41, 5.74) is 1.25. The smallest absolute Gasteiger partial charge is 0.130 e. The van der Waals surface area contributed by atoms with Crippen molar-refractivity contribution < 1.29 is 0 Å². The van der Waals surface area contributed by atoms with Crippen molar-refractivity contribution in [1.29, 1.82) is 0 Å². The molecule has 1 aromatic heterocycles. The molecular formula is C9H13ClN2. The summed E-state index contributed by atoms with van der Waals surface area (Å²) >= 11 is 6.09. The molecule has 1 aliphatic carbocycles. The second-order valence-corrected chi connectivity index (χ2v) is 3.85. The summed E-state index contributed by atoms with van der Waals surface area (Å²) in [5, 5.41) is 4.97. The molecule has 0 N–H and O–H groups in total. The van der Waals surface area contributed by atoms with Crippen LogP contribution in [0.1, 0.15) is 37.2 Å². The van der Waals surface area contributed by atoms with E-state index in [-0.39, 0.29) is 0 Å². The summed E-state index contributed by atoms with van der Waals surface area (Å²) < 4.78 is 1.75. The normalized spacial score (nSPS) is 18.8. The summed E-state index contributed by atoms with van der Waals surface area (Å²) in [6.45, 7) is 0. The molecule has 0 saturated heterocycles. The van der Waals surface area contributed by atoms with Crippen LogP contribution in [-0.4, -0.2) is 9.78 Å². The largest absolute Gasteiger partial charge is 0.257 e. The zero-order valence-electron chi connectivity index (χ0n) is 7.26. The van der Waals surface area contributed by atoms with E-state index in [0.717, 1.165) is 5.15 Å². The monoisotopic (exact) mass is 184 g/mol. The number of aromatic nitrogens is 2. The lowest BCUT2D eigenvalue weighted by Crippen LogP contribution is -1.93. The van der Waals surface area contributed by atoms with Crippen molar-refractivity contribution in [2.75, 3.05) is 0 Å². The summed E-state index contributed by atoms with van der Waals surface area (Å²) in [4.78, 5) is 0. The Morgan fingerprint density at radius 3 is 2.67 bits per heavy atom. The maximum atomic E-state index is 6.09. The highest BCUT2D eigenvalue weighted by atomic mass is 35.5. The molecule has 0 aliphatic heterocycles. The lowest BCUT2D eigenvalue weighted by molar-refractivity contribution is 0.719. The molecule has 0 unspecified atom stereocenters. The van der Waals surface area contributed by atoms with Crippen LogP contribution < -0.4 is 0 Å².